The molecule has 114 heavy (non-hydrogen) atoms. The topological polar surface area (TPSA) is 239 Å². The molecule has 4 aliphatic rings. The molecule has 10 heterocycles. The third-order valence-electron chi connectivity index (χ3n) is 17.9. The van der Waals surface area contributed by atoms with Crippen LogP contribution in [0.4, 0.5) is 0 Å². The van der Waals surface area contributed by atoms with E-state index < -0.39 is 0 Å². The molecule has 16 bridgehead atoms. The van der Waals surface area contributed by atoms with Gasteiger partial charge in [-0.3, -0.25) is 0 Å². The summed E-state index contributed by atoms with van der Waals surface area (Å²) in [5.74, 6) is 2.04. The summed E-state index contributed by atoms with van der Waals surface area (Å²) < 4.78 is 18.3. The van der Waals surface area contributed by atoms with E-state index in [1.807, 2.05) is 114 Å². The van der Waals surface area contributed by atoms with Crippen molar-refractivity contribution in [2.75, 3.05) is 19.8 Å². The van der Waals surface area contributed by atoms with E-state index in [1.165, 1.54) is 0 Å². The number of ether oxygens (including phenoxy) is 3. The van der Waals surface area contributed by atoms with E-state index >= 15 is 0 Å². The Morgan fingerprint density at radius 1 is 0.237 bits per heavy atom. The molecule has 0 aliphatic carbocycles. The molecular weight excluding hydrogens is 1920 g/mol. The number of rotatable bonds is 9. The number of fused-ring (bicyclic) bond motifs is 40. The maximum atomic E-state index is 7.17. The van der Waals surface area contributed by atoms with Gasteiger partial charge in [-0.2, -0.15) is 0 Å². The van der Waals surface area contributed by atoms with Gasteiger partial charge < -0.3 is 74.0 Å². The second-order valence-electron chi connectivity index (χ2n) is 26.8. The Hall–Kier alpha value is -5.94. The van der Waals surface area contributed by atoms with Gasteiger partial charge in [0.25, 0.3) is 0 Å². The summed E-state index contributed by atoms with van der Waals surface area (Å²) in [7, 11) is 0. The molecule has 18 rings (SSSR count). The van der Waals surface area contributed by atoms with Gasteiger partial charge >= 0.3 is 39.0 Å². The summed E-state index contributed by atoms with van der Waals surface area (Å²) in [6.07, 6.45) is 0. The number of hydrogen-bond acceptors (Lipinski definition) is 15. The fourth-order valence-electron chi connectivity index (χ4n) is 12.9. The molecule has 0 spiro atoms. The number of nitrogens with zero attached hydrogens (tertiary/aromatic N) is 16. The van der Waals surface area contributed by atoms with Crippen LogP contribution in [0.15, 0.2) is 72.8 Å². The summed E-state index contributed by atoms with van der Waals surface area (Å²) >= 11 is 117. The van der Waals surface area contributed by atoms with Gasteiger partial charge in [0.15, 0.2) is 17.2 Å². The fourth-order valence-corrected chi connectivity index (χ4v) is 17.6. The van der Waals surface area contributed by atoms with Crippen molar-refractivity contribution in [3.8, 4) is 108 Å². The number of aromatic nitrogens is 16. The van der Waals surface area contributed by atoms with Crippen LogP contribution in [0.3, 0.4) is 0 Å². The van der Waals surface area contributed by atoms with Crippen LogP contribution in [0.25, 0.3) is 179 Å². The average molecular weight is 1960 g/mol. The molecule has 0 radical (unpaired) electrons. The second kappa shape index (κ2) is 32.3. The molecule has 0 amide bonds. The first-order valence-corrected chi connectivity index (χ1v) is 39.9. The van der Waals surface area contributed by atoms with E-state index in [2.05, 4.69) is 0 Å². The molecule has 19 nitrogen and oxygen atoms in total. The molecule has 6 aromatic heterocycles. The van der Waals surface area contributed by atoms with Crippen molar-refractivity contribution >= 4 is 285 Å². The number of benzene rings is 8. The molecule has 0 unspecified atom stereocenters. The van der Waals surface area contributed by atoms with Crippen LogP contribution in [-0.4, -0.2) is 79.6 Å². The van der Waals surface area contributed by atoms with Crippen molar-refractivity contribution in [3.05, 3.63) is 158 Å². The van der Waals surface area contributed by atoms with Gasteiger partial charge in [0.2, 0.25) is 0 Å². The van der Waals surface area contributed by atoms with Crippen molar-refractivity contribution in [3.63, 3.8) is 0 Å². The van der Waals surface area contributed by atoms with Crippen molar-refractivity contribution in [1.29, 1.82) is 0 Å². The first kappa shape index (κ1) is 83.1. The zero-order valence-electron chi connectivity index (χ0n) is 59.0. The summed E-state index contributed by atoms with van der Waals surface area (Å²) in [5, 5.41) is 4.36. The number of halogens is 17. The van der Waals surface area contributed by atoms with E-state index in [1.54, 1.807) is 0 Å². The SMILES string of the molecule is CC(C)COc1c(Cl)c(Cl)c2c(c1Cl)-c1nc-2nc2[n-]c(nc3nc(nc4[n-]c(n1)c1c(Cl)c(Cl)c(Cl)c(Cl)c41)-c1c(Cl)c(Cl)c(Cl)c(Cl)c1-3)c1ccccc21.CC(C)COc1c(Cl)c(Cl)c2c(c1Cl)-c1nc-2nc2[n-]c(nc3nc(nc4[n-]c(n1)c1c(Cl)c(OCC(C)C)c(Cl)c(Cl)c41)-c1ccccc1-3)c1ccccc21.[Zn+2].[Zn+2]. The smallest absolute Gasteiger partial charge is 0.490 e. The monoisotopic (exact) mass is 1950 g/mol. The van der Waals surface area contributed by atoms with Gasteiger partial charge in [-0.25, -0.2) is 19.9 Å². The molecule has 0 fully saturated rings. The van der Waals surface area contributed by atoms with E-state index in [9.17, 15) is 0 Å². The van der Waals surface area contributed by atoms with Crippen LogP contribution in [0, 0.1) is 17.8 Å². The Bertz CT molecular complexity index is 6920. The summed E-state index contributed by atoms with van der Waals surface area (Å²) in [6.45, 7) is 12.9. The molecule has 0 saturated carbocycles. The largest absolute Gasteiger partial charge is 2.00 e. The van der Waals surface area contributed by atoms with E-state index in [0.29, 0.717) is 68.8 Å². The Labute approximate surface area is 755 Å². The molecule has 0 atom stereocenters. The maximum absolute atomic E-state index is 7.17. The zero-order valence-corrected chi connectivity index (χ0v) is 77.8. The first-order valence-electron chi connectivity index (χ1n) is 33.5. The zero-order chi connectivity index (χ0) is 78.8. The minimum absolute atomic E-state index is 0. The van der Waals surface area contributed by atoms with E-state index in [-0.39, 0.29) is 268 Å². The second-order valence-corrected chi connectivity index (χ2v) is 33.2. The van der Waals surface area contributed by atoms with E-state index in [4.69, 9.17) is 291 Å². The van der Waals surface area contributed by atoms with Crippen LogP contribution in [0.2, 0.25) is 85.4 Å². The van der Waals surface area contributed by atoms with Gasteiger partial charge in [-0.1, -0.05) is 312 Å². The van der Waals surface area contributed by atoms with Gasteiger partial charge in [-0.15, -0.1) is 0 Å². The van der Waals surface area contributed by atoms with Crippen LogP contribution in [0.5, 0.6) is 17.2 Å². The summed E-state index contributed by atoms with van der Waals surface area (Å²) in [4.78, 5) is 78.1. The Balaban J connectivity index is 0.000000177. The third kappa shape index (κ3) is 13.9. The van der Waals surface area contributed by atoms with Crippen LogP contribution in [0.1, 0.15) is 41.5 Å². The van der Waals surface area contributed by atoms with Gasteiger partial charge in [0.1, 0.15) is 15.1 Å². The van der Waals surface area contributed by atoms with Gasteiger partial charge in [-0.05, 0) is 39.3 Å². The van der Waals surface area contributed by atoms with Crippen molar-refractivity contribution in [1.82, 2.24) is 79.7 Å². The first-order chi connectivity index (χ1) is 53.6. The minimum atomic E-state index is -0.0573. The predicted molar refractivity (Wildman–Crippen MR) is 454 cm³/mol. The Morgan fingerprint density at radius 3 is 0.763 bits per heavy atom. The maximum Gasteiger partial charge on any atom is 2.00 e. The molecule has 14 aromatic rings. The molecule has 8 aromatic carbocycles. The van der Waals surface area contributed by atoms with Crippen molar-refractivity contribution in [2.45, 2.75) is 41.5 Å². The molecule has 0 saturated heterocycles. The standard InChI is InChI=1S/C40H26Cl6N8O2.C36H13Cl11N8O.2Zn/c1-15(2)13-55-31-27(43)23-21(25(41)29(31)45)37-50-35-19-11-7-5-9-17(19)33(48-35)47-34-18-10-6-8-12-20(18)36(49-34)51-38-22-24(40(53-38)54-39(23)52-37)28(44)32(30(46)26(22)42)56-14-16(3)4;1-8(2)7-56-28-22(42)16-15(21(41)27(28)47)32-50-30-10-6-4-3-5-9(10)29(48-30)49-31-11-12(18(38)24(44)23(43)17(11)37)33(51-31)53-34-13-14(35(54-34)55-36(16)52-32)20(40)26(46)25(45)19(13)39;;/h5-12,15-16H,13-14H2,1-4H3;3-6,8H,7H2,1-2H3;;/q2*-2;2*+2. The minimum Gasteiger partial charge on any atom is -0.490 e. The van der Waals surface area contributed by atoms with Crippen molar-refractivity contribution in [2.24, 2.45) is 17.8 Å². The summed E-state index contributed by atoms with van der Waals surface area (Å²) in [6, 6.07) is 22.5. The van der Waals surface area contributed by atoms with Crippen molar-refractivity contribution < 1.29 is 53.2 Å². The summed E-state index contributed by atoms with van der Waals surface area (Å²) in [5.41, 5.74) is 4.43. The Kier molecular flexibility index (Phi) is 23.6. The molecule has 4 aliphatic heterocycles. The molecular formula is C76H39Cl17N16O3Zn2. The van der Waals surface area contributed by atoms with Gasteiger partial charge in [0.05, 0.1) is 137 Å². The third-order valence-corrected chi connectivity index (χ3v) is 25.1. The van der Waals surface area contributed by atoms with Crippen LogP contribution in [-0.2, 0) is 39.0 Å². The van der Waals surface area contributed by atoms with Crippen LogP contribution < -0.4 is 34.1 Å². The Morgan fingerprint density at radius 2 is 0.447 bits per heavy atom. The molecule has 38 heteroatoms. The van der Waals surface area contributed by atoms with E-state index in [0.717, 1.165) is 21.9 Å². The molecule has 0 N–H and O–H groups in total. The number of hydrogen-bond donors (Lipinski definition) is 0. The normalized spacial score (nSPS) is 12.0. The van der Waals surface area contributed by atoms with Crippen LogP contribution >= 0.6 is 197 Å². The predicted octanol–water partition coefficient (Wildman–Crippen LogP) is 26.5. The average Bonchev–Trinajstić information content (AvgIpc) is 1.57. The van der Waals surface area contributed by atoms with Gasteiger partial charge in [0, 0.05) is 111 Å². The fraction of sp³-hybridized carbons (Fsp3) is 0.158. The quantitative estimate of drug-likeness (QED) is 0.0741. The molecule has 564 valence electrons.